The standard InChI is InChI=1S/C15H15BrN2O/c16-13-5-2-8-18-15(13)14(17)10-3-1-4-12(9-10)19-11-6-7-11/h1-5,8-9,11,14H,6-7,17H2. The highest BCUT2D eigenvalue weighted by atomic mass is 79.9. The van der Waals surface area contributed by atoms with E-state index in [0.717, 1.165) is 34.3 Å². The largest absolute Gasteiger partial charge is 0.490 e. The molecule has 1 saturated carbocycles. The number of hydrogen-bond donors (Lipinski definition) is 1. The maximum absolute atomic E-state index is 6.28. The van der Waals surface area contributed by atoms with E-state index >= 15 is 0 Å². The summed E-state index contributed by atoms with van der Waals surface area (Å²) in [4.78, 5) is 4.34. The first-order valence-corrected chi connectivity index (χ1v) is 7.16. The summed E-state index contributed by atoms with van der Waals surface area (Å²) in [5, 5.41) is 0. The van der Waals surface area contributed by atoms with Crippen LogP contribution in [0.15, 0.2) is 47.1 Å². The molecule has 3 nitrogen and oxygen atoms in total. The van der Waals surface area contributed by atoms with Crippen LogP contribution in [0.3, 0.4) is 0 Å². The van der Waals surface area contributed by atoms with Crippen LogP contribution in [0.4, 0.5) is 0 Å². The number of rotatable bonds is 4. The van der Waals surface area contributed by atoms with E-state index in [9.17, 15) is 0 Å². The van der Waals surface area contributed by atoms with Crippen LogP contribution in [0.25, 0.3) is 0 Å². The Balaban J connectivity index is 1.86. The normalized spacial score (nSPS) is 16.1. The summed E-state index contributed by atoms with van der Waals surface area (Å²) < 4.78 is 6.72. The highest BCUT2D eigenvalue weighted by Gasteiger charge is 2.23. The van der Waals surface area contributed by atoms with Gasteiger partial charge in [-0.2, -0.15) is 0 Å². The Labute approximate surface area is 120 Å². The molecule has 0 radical (unpaired) electrons. The molecular weight excluding hydrogens is 304 g/mol. The van der Waals surface area contributed by atoms with E-state index in [2.05, 4.69) is 20.9 Å². The highest BCUT2D eigenvalue weighted by Crippen LogP contribution is 2.30. The van der Waals surface area contributed by atoms with E-state index in [1.54, 1.807) is 6.20 Å². The third-order valence-corrected chi connectivity index (χ3v) is 3.80. The maximum atomic E-state index is 6.28. The van der Waals surface area contributed by atoms with Gasteiger partial charge >= 0.3 is 0 Å². The molecule has 0 saturated heterocycles. The summed E-state index contributed by atoms with van der Waals surface area (Å²) >= 11 is 3.49. The molecule has 98 valence electrons. The van der Waals surface area contributed by atoms with Crippen molar-refractivity contribution in [3.05, 3.63) is 58.3 Å². The van der Waals surface area contributed by atoms with E-state index < -0.39 is 0 Å². The predicted octanol–water partition coefficient (Wildman–Crippen LogP) is 3.43. The van der Waals surface area contributed by atoms with Gasteiger partial charge < -0.3 is 10.5 Å². The molecule has 19 heavy (non-hydrogen) atoms. The van der Waals surface area contributed by atoms with Gasteiger partial charge in [-0.3, -0.25) is 4.98 Å². The van der Waals surface area contributed by atoms with Crippen LogP contribution in [0.5, 0.6) is 5.75 Å². The summed E-state index contributed by atoms with van der Waals surface area (Å²) in [6, 6.07) is 11.5. The Morgan fingerprint density at radius 2 is 2.11 bits per heavy atom. The SMILES string of the molecule is NC(c1cccc(OC2CC2)c1)c1ncccc1Br. The summed E-state index contributed by atoms with van der Waals surface area (Å²) in [5.41, 5.74) is 8.13. The molecule has 0 aliphatic heterocycles. The van der Waals surface area contributed by atoms with E-state index in [0.29, 0.717) is 6.10 Å². The highest BCUT2D eigenvalue weighted by molar-refractivity contribution is 9.10. The smallest absolute Gasteiger partial charge is 0.120 e. The Morgan fingerprint density at radius 3 is 2.84 bits per heavy atom. The number of ether oxygens (including phenoxy) is 1. The first-order chi connectivity index (χ1) is 9.24. The molecule has 0 amide bonds. The van der Waals surface area contributed by atoms with Crippen molar-refractivity contribution in [1.82, 2.24) is 4.98 Å². The fraction of sp³-hybridized carbons (Fsp3) is 0.267. The lowest BCUT2D eigenvalue weighted by atomic mass is 10.0. The maximum Gasteiger partial charge on any atom is 0.120 e. The third kappa shape index (κ3) is 2.96. The molecule has 4 heteroatoms. The van der Waals surface area contributed by atoms with Crippen LogP contribution in [-0.2, 0) is 0 Å². The topological polar surface area (TPSA) is 48.1 Å². The number of pyridine rings is 1. The lowest BCUT2D eigenvalue weighted by Crippen LogP contribution is -2.14. The van der Waals surface area contributed by atoms with Gasteiger partial charge in [-0.25, -0.2) is 0 Å². The minimum Gasteiger partial charge on any atom is -0.490 e. The zero-order valence-corrected chi connectivity index (χ0v) is 12.0. The fourth-order valence-corrected chi connectivity index (χ4v) is 2.45. The van der Waals surface area contributed by atoms with E-state index in [1.165, 1.54) is 0 Å². The van der Waals surface area contributed by atoms with E-state index in [1.807, 2.05) is 36.4 Å². The van der Waals surface area contributed by atoms with Crippen LogP contribution in [0.1, 0.15) is 30.1 Å². The fourth-order valence-electron chi connectivity index (χ4n) is 1.94. The van der Waals surface area contributed by atoms with Crippen molar-refractivity contribution < 1.29 is 4.74 Å². The van der Waals surface area contributed by atoms with Crippen molar-refractivity contribution in [2.24, 2.45) is 5.73 Å². The van der Waals surface area contributed by atoms with Gasteiger partial charge in [0.05, 0.1) is 17.8 Å². The Kier molecular flexibility index (Phi) is 3.53. The number of benzene rings is 1. The molecule has 1 aliphatic carbocycles. The molecule has 1 unspecified atom stereocenters. The zero-order chi connectivity index (χ0) is 13.2. The summed E-state index contributed by atoms with van der Waals surface area (Å²) in [7, 11) is 0. The quantitative estimate of drug-likeness (QED) is 0.939. The van der Waals surface area contributed by atoms with Crippen LogP contribution < -0.4 is 10.5 Å². The average Bonchev–Trinajstić information content (AvgIpc) is 3.23. The van der Waals surface area contributed by atoms with E-state index in [4.69, 9.17) is 10.5 Å². The summed E-state index contributed by atoms with van der Waals surface area (Å²) in [5.74, 6) is 0.891. The van der Waals surface area contributed by atoms with Crippen LogP contribution in [-0.4, -0.2) is 11.1 Å². The van der Waals surface area contributed by atoms with Crippen LogP contribution in [0.2, 0.25) is 0 Å². The molecule has 1 heterocycles. The van der Waals surface area contributed by atoms with Gasteiger partial charge in [0, 0.05) is 10.7 Å². The van der Waals surface area contributed by atoms with Crippen molar-refractivity contribution in [1.29, 1.82) is 0 Å². The number of halogens is 1. The molecule has 1 aliphatic rings. The van der Waals surface area contributed by atoms with Crippen molar-refractivity contribution >= 4 is 15.9 Å². The second kappa shape index (κ2) is 5.31. The van der Waals surface area contributed by atoms with Crippen LogP contribution >= 0.6 is 15.9 Å². The average molecular weight is 319 g/mol. The Bertz CT molecular complexity index is 584. The molecule has 1 fully saturated rings. The van der Waals surface area contributed by atoms with Gasteiger partial charge in [-0.1, -0.05) is 12.1 Å². The second-order valence-corrected chi connectivity index (χ2v) is 5.59. The number of nitrogens with zero attached hydrogens (tertiary/aromatic N) is 1. The minimum absolute atomic E-state index is 0.252. The van der Waals surface area contributed by atoms with Crippen LogP contribution in [0, 0.1) is 0 Å². The van der Waals surface area contributed by atoms with Crippen molar-refractivity contribution in [2.75, 3.05) is 0 Å². The second-order valence-electron chi connectivity index (χ2n) is 4.74. The molecule has 0 spiro atoms. The molecule has 1 atom stereocenters. The number of aromatic nitrogens is 1. The van der Waals surface area contributed by atoms with Gasteiger partial charge in [0.1, 0.15) is 5.75 Å². The van der Waals surface area contributed by atoms with Crippen molar-refractivity contribution in [3.63, 3.8) is 0 Å². The third-order valence-electron chi connectivity index (χ3n) is 3.13. The zero-order valence-electron chi connectivity index (χ0n) is 10.4. The number of hydrogen-bond acceptors (Lipinski definition) is 3. The molecule has 0 bridgehead atoms. The lowest BCUT2D eigenvalue weighted by Gasteiger charge is -2.14. The van der Waals surface area contributed by atoms with Crippen molar-refractivity contribution in [2.45, 2.75) is 25.0 Å². The Morgan fingerprint density at radius 1 is 1.26 bits per heavy atom. The molecule has 2 aromatic rings. The predicted molar refractivity (Wildman–Crippen MR) is 78.1 cm³/mol. The molecule has 3 rings (SSSR count). The molecule has 2 N–H and O–H groups in total. The minimum atomic E-state index is -0.252. The summed E-state index contributed by atoms with van der Waals surface area (Å²) in [6.45, 7) is 0. The molecule has 1 aromatic carbocycles. The molecule has 1 aromatic heterocycles. The molecular formula is C15H15BrN2O. The van der Waals surface area contributed by atoms with Gasteiger partial charge in [0.25, 0.3) is 0 Å². The Hall–Kier alpha value is -1.39. The van der Waals surface area contributed by atoms with Gasteiger partial charge in [0.2, 0.25) is 0 Å². The van der Waals surface area contributed by atoms with Gasteiger partial charge in [-0.15, -0.1) is 0 Å². The van der Waals surface area contributed by atoms with E-state index in [-0.39, 0.29) is 6.04 Å². The van der Waals surface area contributed by atoms with Gasteiger partial charge in [0.15, 0.2) is 0 Å². The number of nitrogens with two attached hydrogens (primary N) is 1. The van der Waals surface area contributed by atoms with Gasteiger partial charge in [-0.05, 0) is 58.6 Å². The summed E-state index contributed by atoms with van der Waals surface area (Å²) in [6.07, 6.45) is 4.46. The first kappa shape index (κ1) is 12.6. The lowest BCUT2D eigenvalue weighted by molar-refractivity contribution is 0.303. The monoisotopic (exact) mass is 318 g/mol. The van der Waals surface area contributed by atoms with Crippen molar-refractivity contribution in [3.8, 4) is 5.75 Å². The first-order valence-electron chi connectivity index (χ1n) is 6.36.